The number of hydrogen-bond acceptors (Lipinski definition) is 3. The van der Waals surface area contributed by atoms with Crippen molar-refractivity contribution < 1.29 is 8.42 Å². The van der Waals surface area contributed by atoms with Gasteiger partial charge in [0.15, 0.2) is 0 Å². The van der Waals surface area contributed by atoms with E-state index in [0.717, 1.165) is 0 Å². The summed E-state index contributed by atoms with van der Waals surface area (Å²) in [6.07, 6.45) is 1.42. The minimum absolute atomic E-state index is 0.0929. The second-order valence-corrected chi connectivity index (χ2v) is 8.20. The lowest BCUT2D eigenvalue weighted by Crippen LogP contribution is -2.14. The molecule has 1 aromatic heterocycles. The zero-order valence-electron chi connectivity index (χ0n) is 9.57. The molecule has 2 aromatic rings. The number of sulfonamides is 1. The maximum absolute atomic E-state index is 12.3. The van der Waals surface area contributed by atoms with Gasteiger partial charge in [0.05, 0.1) is 5.69 Å². The Hall–Kier alpha value is -0.0900. The molecule has 0 aliphatic rings. The smallest absolute Gasteiger partial charge is 0.265 e. The number of benzene rings is 1. The van der Waals surface area contributed by atoms with Crippen molar-refractivity contribution in [3.05, 3.63) is 48.7 Å². The number of halogens is 4. The number of pyridine rings is 1. The third-order valence-electron chi connectivity index (χ3n) is 2.24. The van der Waals surface area contributed by atoms with Crippen LogP contribution in [0, 0.1) is 3.57 Å². The first-order chi connectivity index (χ1) is 9.29. The van der Waals surface area contributed by atoms with Crippen molar-refractivity contribution in [1.29, 1.82) is 0 Å². The van der Waals surface area contributed by atoms with Gasteiger partial charge in [-0.3, -0.25) is 4.72 Å². The molecule has 1 N–H and O–H groups in total. The Morgan fingerprint density at radius 2 is 1.95 bits per heavy atom. The summed E-state index contributed by atoms with van der Waals surface area (Å²) in [6.45, 7) is 0. The Kier molecular flexibility index (Phi) is 5.17. The fourth-order valence-electron chi connectivity index (χ4n) is 1.36. The van der Waals surface area contributed by atoms with Crippen molar-refractivity contribution in [1.82, 2.24) is 4.98 Å². The van der Waals surface area contributed by atoms with Crippen molar-refractivity contribution in [2.45, 2.75) is 4.90 Å². The molecule has 0 aliphatic carbocycles. The van der Waals surface area contributed by atoms with Gasteiger partial charge in [-0.25, -0.2) is 13.4 Å². The summed E-state index contributed by atoms with van der Waals surface area (Å²) in [5, 5.41) is 0.434. The summed E-state index contributed by atoms with van der Waals surface area (Å²) in [5.74, 6) is 0. The molecular formula is C11H6BrCl2IN2O2S. The Labute approximate surface area is 148 Å². The quantitative estimate of drug-likeness (QED) is 0.489. The van der Waals surface area contributed by atoms with Crippen LogP contribution in [0.25, 0.3) is 0 Å². The van der Waals surface area contributed by atoms with Gasteiger partial charge in [0, 0.05) is 19.3 Å². The summed E-state index contributed by atoms with van der Waals surface area (Å²) in [6, 6.07) is 6.23. The fraction of sp³-hybridized carbons (Fsp3) is 0. The minimum Gasteiger partial charge on any atom is -0.278 e. The van der Waals surface area contributed by atoms with Crippen LogP contribution in [0.5, 0.6) is 0 Å². The predicted octanol–water partition coefficient (Wildman–Crippen LogP) is 4.56. The molecule has 0 spiro atoms. The molecule has 0 saturated carbocycles. The van der Waals surface area contributed by atoms with Crippen LogP contribution in [0.15, 0.2) is 39.8 Å². The number of anilines is 1. The molecule has 4 nitrogen and oxygen atoms in total. The standard InChI is InChI=1S/C11H6BrCl2IN2O2S/c12-6-3-10(11(14)16-5-6)20(18,19)17-9-2-1-7(13)4-8(9)15/h1-5,17H. The highest BCUT2D eigenvalue weighted by atomic mass is 127. The molecule has 1 aromatic carbocycles. The predicted molar refractivity (Wildman–Crippen MR) is 91.9 cm³/mol. The van der Waals surface area contributed by atoms with Crippen LogP contribution in [-0.4, -0.2) is 13.4 Å². The third-order valence-corrected chi connectivity index (χ3v) is 5.59. The summed E-state index contributed by atoms with van der Waals surface area (Å²) in [7, 11) is -3.82. The van der Waals surface area contributed by atoms with E-state index in [1.807, 2.05) is 22.6 Å². The molecule has 9 heteroatoms. The van der Waals surface area contributed by atoms with Gasteiger partial charge in [-0.2, -0.15) is 0 Å². The first kappa shape index (κ1) is 16.3. The summed E-state index contributed by atoms with van der Waals surface area (Å²) in [5.41, 5.74) is 0.422. The van der Waals surface area contributed by atoms with Crippen LogP contribution < -0.4 is 4.72 Å². The molecule has 0 amide bonds. The average Bonchev–Trinajstić information content (AvgIpc) is 2.35. The van der Waals surface area contributed by atoms with E-state index in [0.29, 0.717) is 18.8 Å². The maximum Gasteiger partial charge on any atom is 0.265 e. The lowest BCUT2D eigenvalue weighted by Gasteiger charge is -2.11. The van der Waals surface area contributed by atoms with Gasteiger partial charge in [0.25, 0.3) is 10.0 Å². The maximum atomic E-state index is 12.3. The largest absolute Gasteiger partial charge is 0.278 e. The molecule has 0 aliphatic heterocycles. The molecule has 0 radical (unpaired) electrons. The number of nitrogens with one attached hydrogen (secondary N) is 1. The Morgan fingerprint density at radius 3 is 2.60 bits per heavy atom. The van der Waals surface area contributed by atoms with Gasteiger partial charge in [0.1, 0.15) is 10.0 Å². The highest BCUT2D eigenvalue weighted by Crippen LogP contribution is 2.28. The molecule has 1 heterocycles. The van der Waals surface area contributed by atoms with Crippen molar-refractivity contribution in [3.63, 3.8) is 0 Å². The van der Waals surface area contributed by atoms with Crippen LogP contribution >= 0.6 is 61.7 Å². The minimum atomic E-state index is -3.82. The van der Waals surface area contributed by atoms with Crippen LogP contribution in [0.1, 0.15) is 0 Å². The van der Waals surface area contributed by atoms with E-state index in [2.05, 4.69) is 25.6 Å². The van der Waals surface area contributed by atoms with Crippen LogP contribution in [0.2, 0.25) is 10.2 Å². The SMILES string of the molecule is O=S(=O)(Nc1ccc(Cl)cc1I)c1cc(Br)cnc1Cl. The van der Waals surface area contributed by atoms with E-state index in [1.54, 1.807) is 18.2 Å². The van der Waals surface area contributed by atoms with Crippen molar-refractivity contribution >= 4 is 77.4 Å². The number of nitrogens with zero attached hydrogens (tertiary/aromatic N) is 1. The Morgan fingerprint density at radius 1 is 1.25 bits per heavy atom. The molecule has 0 fully saturated rings. The van der Waals surface area contributed by atoms with Gasteiger partial charge >= 0.3 is 0 Å². The van der Waals surface area contributed by atoms with E-state index in [9.17, 15) is 8.42 Å². The molecule has 0 unspecified atom stereocenters. The second-order valence-electron chi connectivity index (χ2n) is 3.67. The molecular weight excluding hydrogens is 502 g/mol. The first-order valence-electron chi connectivity index (χ1n) is 5.08. The van der Waals surface area contributed by atoms with Gasteiger partial charge < -0.3 is 0 Å². The van der Waals surface area contributed by atoms with Crippen molar-refractivity contribution in [2.24, 2.45) is 0 Å². The first-order valence-corrected chi connectivity index (χ1v) is 9.19. The van der Waals surface area contributed by atoms with Gasteiger partial charge in [-0.05, 0) is 62.8 Å². The van der Waals surface area contributed by atoms with E-state index in [1.165, 1.54) is 12.3 Å². The summed E-state index contributed by atoms with van der Waals surface area (Å²) < 4.78 is 28.3. The van der Waals surface area contributed by atoms with Crippen molar-refractivity contribution in [2.75, 3.05) is 4.72 Å². The zero-order valence-corrected chi connectivity index (χ0v) is 15.6. The van der Waals surface area contributed by atoms with Crippen LogP contribution in [-0.2, 0) is 10.0 Å². The van der Waals surface area contributed by atoms with Gasteiger partial charge in [0.2, 0.25) is 0 Å². The van der Waals surface area contributed by atoms with Gasteiger partial charge in [-0.15, -0.1) is 0 Å². The van der Waals surface area contributed by atoms with Crippen LogP contribution in [0.3, 0.4) is 0 Å². The lowest BCUT2D eigenvalue weighted by molar-refractivity contribution is 0.601. The summed E-state index contributed by atoms with van der Waals surface area (Å²) in [4.78, 5) is 3.70. The van der Waals surface area contributed by atoms with Crippen molar-refractivity contribution in [3.8, 4) is 0 Å². The normalized spacial score (nSPS) is 11.4. The molecule has 2 rings (SSSR count). The average molecular weight is 508 g/mol. The molecule has 0 atom stereocenters. The lowest BCUT2D eigenvalue weighted by atomic mass is 10.3. The fourth-order valence-corrected chi connectivity index (χ4v) is 4.58. The molecule has 0 saturated heterocycles. The third kappa shape index (κ3) is 3.76. The van der Waals surface area contributed by atoms with Gasteiger partial charge in [-0.1, -0.05) is 23.2 Å². The Bertz CT molecular complexity index is 771. The van der Waals surface area contributed by atoms with E-state index >= 15 is 0 Å². The van der Waals surface area contributed by atoms with E-state index in [4.69, 9.17) is 23.2 Å². The topological polar surface area (TPSA) is 59.1 Å². The Balaban J connectivity index is 2.43. The highest BCUT2D eigenvalue weighted by Gasteiger charge is 2.20. The van der Waals surface area contributed by atoms with Crippen LogP contribution in [0.4, 0.5) is 5.69 Å². The highest BCUT2D eigenvalue weighted by molar-refractivity contribution is 14.1. The summed E-state index contributed by atoms with van der Waals surface area (Å²) >= 11 is 16.8. The number of hydrogen-bond donors (Lipinski definition) is 1. The molecule has 106 valence electrons. The van der Waals surface area contributed by atoms with E-state index < -0.39 is 10.0 Å². The zero-order chi connectivity index (χ0) is 14.9. The van der Waals surface area contributed by atoms with E-state index in [-0.39, 0.29) is 10.0 Å². The number of aromatic nitrogens is 1. The monoisotopic (exact) mass is 506 g/mol. The molecule has 0 bridgehead atoms. The second kappa shape index (κ2) is 6.35. The molecule has 20 heavy (non-hydrogen) atoms. The number of rotatable bonds is 3.